The molecule has 296 valence electrons. The van der Waals surface area contributed by atoms with Crippen LogP contribution in [0.5, 0.6) is 0 Å². The number of carbonyl (C=O) groups excluding carboxylic acids is 3. The third-order valence-electron chi connectivity index (χ3n) is 10.9. The number of carbonyl (C=O) groups is 3. The van der Waals surface area contributed by atoms with Gasteiger partial charge in [0.1, 0.15) is 17.7 Å². The Labute approximate surface area is 335 Å². The average Bonchev–Trinajstić information content (AvgIpc) is 4.11. The third-order valence-corrected chi connectivity index (χ3v) is 10.9. The van der Waals surface area contributed by atoms with Crippen molar-refractivity contribution in [1.29, 1.82) is 0 Å². The second-order valence-corrected chi connectivity index (χ2v) is 14.3. The fourth-order valence-electron chi connectivity index (χ4n) is 7.98. The Hall–Kier alpha value is -6.80. The number of aliphatic imine (C=N–C) groups is 1. The number of aromatic amines is 2. The number of alkyl carbamates (subject to hydrolysis) is 1. The largest absolute Gasteiger partial charge is 0.453 e. The lowest BCUT2D eigenvalue weighted by atomic mass is 10.0. The average molecular weight is 781 g/mol. The number of H-pyrrole nitrogens is 2. The number of hydrogen-bond donors (Lipinski definition) is 3. The molecule has 14 nitrogen and oxygen atoms in total. The van der Waals surface area contributed by atoms with E-state index in [-0.39, 0.29) is 23.9 Å². The molecule has 58 heavy (non-hydrogen) atoms. The fourth-order valence-corrected chi connectivity index (χ4v) is 7.98. The number of nitrogens with one attached hydrogen (secondary N) is 3. The number of ether oxygens (including phenoxy) is 1. The van der Waals surface area contributed by atoms with Crippen molar-refractivity contribution in [2.75, 3.05) is 27.3 Å². The zero-order valence-electron chi connectivity index (χ0n) is 32.2. The summed E-state index contributed by atoms with van der Waals surface area (Å²) in [6.45, 7) is 1.15. The molecule has 4 aromatic carbocycles. The van der Waals surface area contributed by atoms with Gasteiger partial charge in [-0.2, -0.15) is 4.89 Å². The number of amides is 3. The molecule has 4 atom stereocenters. The maximum Gasteiger partial charge on any atom is 0.407 e. The van der Waals surface area contributed by atoms with Gasteiger partial charge in [-0.25, -0.2) is 19.8 Å². The molecule has 0 radical (unpaired) electrons. The number of likely N-dealkylation sites (tertiary alicyclic amines) is 2. The van der Waals surface area contributed by atoms with E-state index < -0.39 is 18.2 Å². The van der Waals surface area contributed by atoms with Crippen molar-refractivity contribution in [3.05, 3.63) is 132 Å². The van der Waals surface area contributed by atoms with Gasteiger partial charge in [-0.1, -0.05) is 91.0 Å². The van der Waals surface area contributed by atoms with E-state index in [2.05, 4.69) is 43.4 Å². The topological polar surface area (TPSA) is 167 Å². The Balaban J connectivity index is 0.971. The van der Waals surface area contributed by atoms with Crippen LogP contribution in [0.15, 0.2) is 114 Å². The van der Waals surface area contributed by atoms with Crippen LogP contribution < -0.4 is 5.32 Å². The van der Waals surface area contributed by atoms with Crippen molar-refractivity contribution in [1.82, 2.24) is 35.1 Å². The molecule has 3 amide bonds. The van der Waals surface area contributed by atoms with Gasteiger partial charge in [-0.15, -0.1) is 0 Å². The molecule has 0 bridgehead atoms. The first-order valence-electron chi connectivity index (χ1n) is 19.3. The van der Waals surface area contributed by atoms with Crippen LogP contribution in [0.1, 0.15) is 72.6 Å². The number of nitrogens with zero attached hydrogens (tertiary/aromatic N) is 5. The van der Waals surface area contributed by atoms with Crippen LogP contribution in [0, 0.1) is 0 Å². The second kappa shape index (κ2) is 17.1. The number of methoxy groups -OCH3 is 1. The van der Waals surface area contributed by atoms with E-state index in [4.69, 9.17) is 19.6 Å². The molecule has 0 saturated carbocycles. The highest BCUT2D eigenvalue weighted by molar-refractivity contribution is 5.88. The van der Waals surface area contributed by atoms with Crippen molar-refractivity contribution in [3.63, 3.8) is 0 Å². The van der Waals surface area contributed by atoms with Gasteiger partial charge in [0.05, 0.1) is 49.2 Å². The van der Waals surface area contributed by atoms with E-state index in [1.54, 1.807) is 11.1 Å². The lowest BCUT2D eigenvalue weighted by molar-refractivity contribution is -0.188. The van der Waals surface area contributed by atoms with Crippen LogP contribution in [0.2, 0.25) is 0 Å². The van der Waals surface area contributed by atoms with Crippen molar-refractivity contribution in [2.24, 2.45) is 4.99 Å². The summed E-state index contributed by atoms with van der Waals surface area (Å²) in [5, 5.41) is 2.71. The lowest BCUT2D eigenvalue weighted by Gasteiger charge is -2.28. The van der Waals surface area contributed by atoms with Crippen LogP contribution in [0.4, 0.5) is 4.79 Å². The number of rotatable bonds is 12. The Morgan fingerprint density at radius 2 is 1.41 bits per heavy atom. The van der Waals surface area contributed by atoms with Crippen LogP contribution in [-0.4, -0.2) is 81.4 Å². The second-order valence-electron chi connectivity index (χ2n) is 14.3. The van der Waals surface area contributed by atoms with Crippen molar-refractivity contribution in [2.45, 2.75) is 49.9 Å². The van der Waals surface area contributed by atoms with Gasteiger partial charge >= 0.3 is 6.09 Å². The van der Waals surface area contributed by atoms with E-state index in [0.29, 0.717) is 24.5 Å². The molecule has 6 aromatic rings. The third kappa shape index (κ3) is 7.91. The molecule has 2 fully saturated rings. The molecule has 2 aromatic heterocycles. The molecule has 2 saturated heterocycles. The van der Waals surface area contributed by atoms with E-state index >= 15 is 0 Å². The van der Waals surface area contributed by atoms with Gasteiger partial charge < -0.3 is 34.7 Å². The summed E-state index contributed by atoms with van der Waals surface area (Å²) < 4.78 is 4.83. The smallest absolute Gasteiger partial charge is 0.407 e. The number of aromatic nitrogens is 4. The quantitative estimate of drug-likeness (QED) is 0.0500. The van der Waals surface area contributed by atoms with Crippen molar-refractivity contribution >= 4 is 35.3 Å². The molecule has 4 heterocycles. The van der Waals surface area contributed by atoms with E-state index in [1.165, 1.54) is 14.2 Å². The highest BCUT2D eigenvalue weighted by Crippen LogP contribution is 2.37. The van der Waals surface area contributed by atoms with Gasteiger partial charge in [0.2, 0.25) is 6.40 Å². The predicted molar refractivity (Wildman–Crippen MR) is 217 cm³/mol. The van der Waals surface area contributed by atoms with Crippen LogP contribution in [0.25, 0.3) is 33.4 Å². The minimum atomic E-state index is -0.884. The van der Waals surface area contributed by atoms with Gasteiger partial charge in [0.25, 0.3) is 11.8 Å². The molecular formula is C44H44N8O6. The molecule has 14 heteroatoms. The maximum absolute atomic E-state index is 14.0. The van der Waals surface area contributed by atoms with E-state index in [1.807, 2.05) is 89.8 Å². The Bertz CT molecular complexity index is 2400. The van der Waals surface area contributed by atoms with Gasteiger partial charge in [-0.3, -0.25) is 9.59 Å². The van der Waals surface area contributed by atoms with Crippen LogP contribution in [0.3, 0.4) is 0 Å². The summed E-state index contributed by atoms with van der Waals surface area (Å²) in [5.74, 6) is 1.09. The van der Waals surface area contributed by atoms with Gasteiger partial charge in [0, 0.05) is 13.1 Å². The summed E-state index contributed by atoms with van der Waals surface area (Å²) in [5.41, 5.74) is 6.98. The Kier molecular flexibility index (Phi) is 11.3. The number of benzene rings is 4. The monoisotopic (exact) mass is 780 g/mol. The zero-order valence-corrected chi connectivity index (χ0v) is 32.2. The first-order chi connectivity index (χ1) is 28.4. The summed E-state index contributed by atoms with van der Waals surface area (Å²) in [7, 11) is 2.66. The minimum absolute atomic E-state index is 0.131. The SMILES string of the molecule is COOC=N[C@@H](C(=O)N1CCC[C@H]1c1nc2ccc(-c3ccc(-c4cnc([C@@H]5CCCN5C(=O)[C@@H](NC(=O)OC)c5ccccc5)[nH]4)cc3)cc2[nH]1)c1ccccc1. The normalized spacial score (nSPS) is 17.8. The Morgan fingerprint density at radius 3 is 2.10 bits per heavy atom. The molecule has 0 aliphatic carbocycles. The van der Waals surface area contributed by atoms with Crippen molar-refractivity contribution < 1.29 is 28.9 Å². The number of hydrogen-bond acceptors (Lipinski definition) is 9. The lowest BCUT2D eigenvalue weighted by Crippen LogP contribution is -2.42. The van der Waals surface area contributed by atoms with Crippen LogP contribution >= 0.6 is 0 Å². The molecule has 2 aliphatic rings. The van der Waals surface area contributed by atoms with E-state index in [0.717, 1.165) is 76.9 Å². The first-order valence-corrected chi connectivity index (χ1v) is 19.3. The number of fused-ring (bicyclic) bond motifs is 1. The molecule has 0 spiro atoms. The Morgan fingerprint density at radius 1 is 0.776 bits per heavy atom. The highest BCUT2D eigenvalue weighted by atomic mass is 17.2. The highest BCUT2D eigenvalue weighted by Gasteiger charge is 2.38. The summed E-state index contributed by atoms with van der Waals surface area (Å²) in [4.78, 5) is 74.3. The summed E-state index contributed by atoms with van der Waals surface area (Å²) >= 11 is 0. The molecule has 3 N–H and O–H groups in total. The van der Waals surface area contributed by atoms with Gasteiger partial charge in [-0.05, 0) is 65.6 Å². The minimum Gasteiger partial charge on any atom is -0.453 e. The zero-order chi connectivity index (χ0) is 40.0. The fraction of sp³-hybridized carbons (Fsp3) is 0.273. The van der Waals surface area contributed by atoms with Crippen molar-refractivity contribution in [3.8, 4) is 22.4 Å². The first kappa shape index (κ1) is 38.1. The molecular weight excluding hydrogens is 737 g/mol. The van der Waals surface area contributed by atoms with Gasteiger partial charge in [0.15, 0.2) is 6.04 Å². The number of imidazole rings is 2. The summed E-state index contributed by atoms with van der Waals surface area (Å²) in [6.07, 6.45) is 5.48. The molecule has 2 aliphatic heterocycles. The maximum atomic E-state index is 14.0. The summed E-state index contributed by atoms with van der Waals surface area (Å²) in [6, 6.07) is 30.8. The molecule has 8 rings (SSSR count). The predicted octanol–water partition coefficient (Wildman–Crippen LogP) is 7.39. The van der Waals surface area contributed by atoms with E-state index in [9.17, 15) is 14.4 Å². The standard InChI is InChI=1S/C44H44N8O6/c1-56-44(55)50-39(31-13-7-4-8-14-31)43(54)51-23-9-15-36(51)40-45-26-35(49-40)29-19-17-28(18-20-29)32-21-22-33-34(25-32)48-41(47-33)37-16-10-24-52(37)42(53)38(46-27-58-57-2)30-11-5-3-6-12-30/h3-8,11-14,17-22,25-27,36-39H,9-10,15-16,23-24H2,1-2H3,(H,45,49)(H,47,48)(H,50,55)/t36-,37-,38+,39-/m0/s1. The molecule has 0 unspecified atom stereocenters. The van der Waals surface area contributed by atoms with Crippen LogP contribution in [-0.2, 0) is 24.1 Å².